The standard InChI is InChI=1S/C27H29N3O6S2/c1-4-35-22(31)15-29-25(32)23-20(13-28)24(17-9-11-19(12-10-17)36-16-34-2)38-26(23)30(27(29)33)14-18-7-5-6-8-21(18)37-3/h5-12H,4,13-16,28H2,1-3H3. The van der Waals surface area contributed by atoms with Gasteiger partial charge in [0.15, 0.2) is 6.79 Å². The summed E-state index contributed by atoms with van der Waals surface area (Å²) in [4.78, 5) is 42.0. The molecule has 0 saturated carbocycles. The van der Waals surface area contributed by atoms with Gasteiger partial charge >= 0.3 is 11.7 Å². The molecule has 0 atom stereocenters. The Morgan fingerprint density at radius 2 is 1.82 bits per heavy atom. The molecule has 0 radical (unpaired) electrons. The fraction of sp³-hybridized carbons (Fsp3) is 0.296. The van der Waals surface area contributed by atoms with E-state index in [1.54, 1.807) is 42.5 Å². The fourth-order valence-corrected chi connectivity index (χ4v) is 6.12. The first-order chi connectivity index (χ1) is 18.4. The third-order valence-corrected chi connectivity index (χ3v) is 8.07. The Hall–Kier alpha value is -3.38. The minimum absolute atomic E-state index is 0.0749. The van der Waals surface area contributed by atoms with Crippen LogP contribution in [0.15, 0.2) is 63.0 Å². The molecule has 200 valence electrons. The van der Waals surface area contributed by atoms with Crippen molar-refractivity contribution >= 4 is 39.3 Å². The number of methoxy groups -OCH3 is 1. The van der Waals surface area contributed by atoms with Gasteiger partial charge in [-0.05, 0) is 60.2 Å². The maximum atomic E-state index is 13.7. The molecule has 4 rings (SSSR count). The number of hydrogen-bond acceptors (Lipinski definition) is 9. The van der Waals surface area contributed by atoms with Crippen LogP contribution in [0.1, 0.15) is 18.1 Å². The highest BCUT2D eigenvalue weighted by Gasteiger charge is 2.24. The topological polar surface area (TPSA) is 115 Å². The van der Waals surface area contributed by atoms with Crippen LogP contribution in [0.3, 0.4) is 0 Å². The number of hydrogen-bond donors (Lipinski definition) is 1. The lowest BCUT2D eigenvalue weighted by Crippen LogP contribution is -2.42. The van der Waals surface area contributed by atoms with E-state index in [2.05, 4.69) is 0 Å². The SMILES string of the molecule is CCOC(=O)Cn1c(=O)c2c(CN)c(-c3ccc(OCOC)cc3)sc2n(Cc2ccccc2SC)c1=O. The van der Waals surface area contributed by atoms with E-state index in [9.17, 15) is 14.4 Å². The predicted octanol–water partition coefficient (Wildman–Crippen LogP) is 3.67. The molecule has 0 amide bonds. The van der Waals surface area contributed by atoms with Crippen molar-refractivity contribution in [1.29, 1.82) is 0 Å². The van der Waals surface area contributed by atoms with Gasteiger partial charge in [-0.25, -0.2) is 9.36 Å². The lowest BCUT2D eigenvalue weighted by molar-refractivity contribution is -0.143. The Labute approximate surface area is 227 Å². The van der Waals surface area contributed by atoms with E-state index in [1.165, 1.54) is 11.3 Å². The number of esters is 1. The first kappa shape index (κ1) is 27.6. The van der Waals surface area contributed by atoms with Crippen molar-refractivity contribution in [3.05, 3.63) is 80.5 Å². The number of carbonyl (C=O) groups is 1. The van der Waals surface area contributed by atoms with E-state index in [1.807, 2.05) is 42.7 Å². The quantitative estimate of drug-likeness (QED) is 0.169. The summed E-state index contributed by atoms with van der Waals surface area (Å²) in [7, 11) is 1.55. The van der Waals surface area contributed by atoms with Crippen LogP contribution >= 0.6 is 23.1 Å². The molecule has 38 heavy (non-hydrogen) atoms. The smallest absolute Gasteiger partial charge is 0.332 e. The summed E-state index contributed by atoms with van der Waals surface area (Å²) in [6.45, 7) is 1.76. The van der Waals surface area contributed by atoms with Gasteiger partial charge in [-0.15, -0.1) is 23.1 Å². The van der Waals surface area contributed by atoms with Crippen LogP contribution in [0.25, 0.3) is 20.7 Å². The van der Waals surface area contributed by atoms with Crippen molar-refractivity contribution in [1.82, 2.24) is 9.13 Å². The molecule has 2 N–H and O–H groups in total. The number of carbonyl (C=O) groups excluding carboxylic acids is 1. The summed E-state index contributed by atoms with van der Waals surface area (Å²) in [5.41, 5.74) is 7.42. The van der Waals surface area contributed by atoms with Crippen molar-refractivity contribution in [2.24, 2.45) is 5.73 Å². The van der Waals surface area contributed by atoms with E-state index in [4.69, 9.17) is 19.9 Å². The number of benzene rings is 2. The zero-order chi connectivity index (χ0) is 27.2. The second-order valence-corrected chi connectivity index (χ2v) is 10.1. The van der Waals surface area contributed by atoms with Crippen LogP contribution < -0.4 is 21.7 Å². The second-order valence-electron chi connectivity index (χ2n) is 8.25. The summed E-state index contributed by atoms with van der Waals surface area (Å²) in [5.74, 6) is -0.0214. The van der Waals surface area contributed by atoms with Gasteiger partial charge in [0.1, 0.15) is 17.1 Å². The molecule has 0 unspecified atom stereocenters. The highest BCUT2D eigenvalue weighted by molar-refractivity contribution is 7.98. The van der Waals surface area contributed by atoms with Crippen LogP contribution in [0, 0.1) is 0 Å². The Morgan fingerprint density at radius 3 is 2.47 bits per heavy atom. The van der Waals surface area contributed by atoms with Crippen LogP contribution in [-0.4, -0.2) is 41.9 Å². The second kappa shape index (κ2) is 12.4. The van der Waals surface area contributed by atoms with Gasteiger partial charge in [-0.2, -0.15) is 0 Å². The van der Waals surface area contributed by atoms with E-state index in [0.29, 0.717) is 21.5 Å². The molecule has 9 nitrogen and oxygen atoms in total. The molecule has 2 aromatic carbocycles. The average Bonchev–Trinajstić information content (AvgIpc) is 3.32. The maximum Gasteiger partial charge on any atom is 0.332 e. The van der Waals surface area contributed by atoms with Crippen molar-refractivity contribution in [2.45, 2.75) is 31.5 Å². The molecule has 0 aliphatic heterocycles. The molecule has 0 bridgehead atoms. The van der Waals surface area contributed by atoms with Gasteiger partial charge in [-0.3, -0.25) is 14.2 Å². The van der Waals surface area contributed by atoms with Crippen LogP contribution in [-0.2, 0) is 33.9 Å². The van der Waals surface area contributed by atoms with E-state index < -0.39 is 23.8 Å². The molecule has 2 heterocycles. The van der Waals surface area contributed by atoms with Crippen LogP contribution in [0.5, 0.6) is 5.75 Å². The summed E-state index contributed by atoms with van der Waals surface area (Å²) in [6, 6.07) is 15.1. The Bertz CT molecular complexity index is 1560. The van der Waals surface area contributed by atoms with Crippen LogP contribution in [0.4, 0.5) is 0 Å². The highest BCUT2D eigenvalue weighted by atomic mass is 32.2. The van der Waals surface area contributed by atoms with Crippen molar-refractivity contribution in [3.8, 4) is 16.2 Å². The molecule has 4 aromatic rings. The number of aromatic nitrogens is 2. The predicted molar refractivity (Wildman–Crippen MR) is 150 cm³/mol. The third-order valence-electron chi connectivity index (χ3n) is 5.93. The molecule has 0 saturated heterocycles. The van der Waals surface area contributed by atoms with E-state index in [-0.39, 0.29) is 26.5 Å². The molecule has 0 aliphatic rings. The number of rotatable bonds is 11. The minimum atomic E-state index is -0.654. The summed E-state index contributed by atoms with van der Waals surface area (Å²) < 4.78 is 18.0. The first-order valence-corrected chi connectivity index (χ1v) is 14.0. The molecule has 0 fully saturated rings. The minimum Gasteiger partial charge on any atom is -0.468 e. The Morgan fingerprint density at radius 1 is 1.08 bits per heavy atom. The van der Waals surface area contributed by atoms with Crippen LogP contribution in [0.2, 0.25) is 0 Å². The summed E-state index contributed by atoms with van der Waals surface area (Å²) in [5, 5.41) is 0.331. The number of fused-ring (bicyclic) bond motifs is 1. The summed E-state index contributed by atoms with van der Waals surface area (Å²) in [6.07, 6.45) is 1.97. The Balaban J connectivity index is 1.95. The number of thiophene rings is 1. The van der Waals surface area contributed by atoms with Gasteiger partial charge < -0.3 is 19.9 Å². The molecule has 11 heteroatoms. The van der Waals surface area contributed by atoms with Crippen molar-refractivity contribution < 1.29 is 19.0 Å². The largest absolute Gasteiger partial charge is 0.468 e. The highest BCUT2D eigenvalue weighted by Crippen LogP contribution is 2.37. The number of ether oxygens (including phenoxy) is 3. The molecule has 2 aromatic heterocycles. The molecule has 0 aliphatic carbocycles. The summed E-state index contributed by atoms with van der Waals surface area (Å²) >= 11 is 2.90. The molecular formula is C27H29N3O6S2. The monoisotopic (exact) mass is 555 g/mol. The van der Waals surface area contributed by atoms with Gasteiger partial charge in [-0.1, -0.05) is 18.2 Å². The van der Waals surface area contributed by atoms with Crippen molar-refractivity contribution in [2.75, 3.05) is 26.8 Å². The van der Waals surface area contributed by atoms with E-state index >= 15 is 0 Å². The third kappa shape index (κ3) is 5.56. The number of thioether (sulfide) groups is 1. The normalized spacial score (nSPS) is 11.2. The van der Waals surface area contributed by atoms with Gasteiger partial charge in [0.2, 0.25) is 0 Å². The van der Waals surface area contributed by atoms with E-state index in [0.717, 1.165) is 25.5 Å². The molecular weight excluding hydrogens is 526 g/mol. The fourth-order valence-electron chi connectivity index (χ4n) is 4.19. The zero-order valence-corrected chi connectivity index (χ0v) is 23.0. The lowest BCUT2D eigenvalue weighted by atomic mass is 10.1. The van der Waals surface area contributed by atoms with Crippen molar-refractivity contribution in [3.63, 3.8) is 0 Å². The van der Waals surface area contributed by atoms with Gasteiger partial charge in [0.05, 0.1) is 18.5 Å². The van der Waals surface area contributed by atoms with Gasteiger partial charge in [0, 0.05) is 23.4 Å². The zero-order valence-electron chi connectivity index (χ0n) is 21.4. The Kier molecular flexibility index (Phi) is 9.05. The number of nitrogens with zero attached hydrogens (tertiary/aromatic N) is 2. The lowest BCUT2D eigenvalue weighted by Gasteiger charge is -2.14. The maximum absolute atomic E-state index is 13.7. The molecule has 0 spiro atoms. The average molecular weight is 556 g/mol. The first-order valence-electron chi connectivity index (χ1n) is 11.9. The van der Waals surface area contributed by atoms with Gasteiger partial charge in [0.25, 0.3) is 5.56 Å². The number of nitrogens with two attached hydrogens (primary N) is 1.